The van der Waals surface area contributed by atoms with Gasteiger partial charge in [0.1, 0.15) is 0 Å². The molecule has 0 radical (unpaired) electrons. The van der Waals surface area contributed by atoms with Gasteiger partial charge in [-0.2, -0.15) is 0 Å². The molecule has 2 fully saturated rings. The van der Waals surface area contributed by atoms with Crippen molar-refractivity contribution >= 4 is 0 Å². The van der Waals surface area contributed by atoms with Gasteiger partial charge in [0.25, 0.3) is 0 Å². The Morgan fingerprint density at radius 2 is 1.77 bits per heavy atom. The fourth-order valence-corrected chi connectivity index (χ4v) is 2.97. The Balaban J connectivity index is 0.000000396. The van der Waals surface area contributed by atoms with E-state index >= 15 is 0 Å². The highest BCUT2D eigenvalue weighted by molar-refractivity contribution is 4.90. The van der Waals surface area contributed by atoms with Crippen LogP contribution in [0, 0.1) is 11.8 Å². The fourth-order valence-electron chi connectivity index (χ4n) is 2.97. The van der Waals surface area contributed by atoms with Gasteiger partial charge in [-0.1, -0.05) is 27.2 Å². The molecule has 1 aliphatic heterocycles. The van der Waals surface area contributed by atoms with E-state index in [2.05, 4.69) is 18.9 Å². The van der Waals surface area contributed by atoms with Crippen molar-refractivity contribution in [3.05, 3.63) is 0 Å². The van der Waals surface area contributed by atoms with Crippen LogP contribution in [0.1, 0.15) is 46.5 Å². The molecule has 1 heterocycles. The quantitative estimate of drug-likeness (QED) is 0.557. The van der Waals surface area contributed by atoms with E-state index in [1.165, 1.54) is 32.2 Å². The molecule has 0 aromatic heterocycles. The van der Waals surface area contributed by atoms with Crippen molar-refractivity contribution in [2.45, 2.75) is 52.5 Å². The Bertz CT molecular complexity index is 128. The van der Waals surface area contributed by atoms with Crippen LogP contribution in [-0.4, -0.2) is 24.5 Å². The topological polar surface area (TPSA) is 3.24 Å². The van der Waals surface area contributed by atoms with Crippen LogP contribution in [0.5, 0.6) is 0 Å². The van der Waals surface area contributed by atoms with Gasteiger partial charge in [-0.3, -0.25) is 0 Å². The maximum Gasteiger partial charge on any atom is 0.0123 e. The summed E-state index contributed by atoms with van der Waals surface area (Å²) in [7, 11) is 2.30. The van der Waals surface area contributed by atoms with Gasteiger partial charge < -0.3 is 4.90 Å². The van der Waals surface area contributed by atoms with Crippen LogP contribution in [-0.2, 0) is 0 Å². The summed E-state index contributed by atoms with van der Waals surface area (Å²) in [5.41, 5.74) is 0. The van der Waals surface area contributed by atoms with Gasteiger partial charge in [0.2, 0.25) is 0 Å². The average Bonchev–Trinajstić information content (AvgIpc) is 2.64. The second-order valence-electron chi connectivity index (χ2n) is 4.41. The van der Waals surface area contributed by atoms with Gasteiger partial charge in [0.15, 0.2) is 0 Å². The van der Waals surface area contributed by atoms with Crippen molar-refractivity contribution in [2.24, 2.45) is 11.8 Å². The van der Waals surface area contributed by atoms with E-state index in [0.717, 1.165) is 17.9 Å². The predicted octanol–water partition coefficient (Wildman–Crippen LogP) is 3.15. The van der Waals surface area contributed by atoms with Crippen molar-refractivity contribution in [3.63, 3.8) is 0 Å². The lowest BCUT2D eigenvalue weighted by Crippen LogP contribution is -2.43. The third kappa shape index (κ3) is 2.25. The van der Waals surface area contributed by atoms with Crippen LogP contribution < -0.4 is 0 Å². The van der Waals surface area contributed by atoms with E-state index in [1.807, 2.05) is 13.8 Å². The van der Waals surface area contributed by atoms with Crippen LogP contribution in [0.15, 0.2) is 0 Å². The summed E-state index contributed by atoms with van der Waals surface area (Å²) in [6, 6.07) is 0.943. The lowest BCUT2D eigenvalue weighted by molar-refractivity contribution is 0.0998. The lowest BCUT2D eigenvalue weighted by atomic mass is 9.83. The normalized spacial score (nSPS) is 39.2. The molecule has 1 saturated carbocycles. The molecule has 1 aliphatic carbocycles. The third-order valence-corrected chi connectivity index (χ3v) is 3.77. The summed E-state index contributed by atoms with van der Waals surface area (Å²) >= 11 is 0. The molecular formula is C12H25N. The Labute approximate surface area is 83.5 Å². The van der Waals surface area contributed by atoms with Gasteiger partial charge in [-0.05, 0) is 44.7 Å². The Kier molecular flexibility index (Phi) is 4.24. The zero-order valence-corrected chi connectivity index (χ0v) is 9.71. The van der Waals surface area contributed by atoms with Crippen molar-refractivity contribution in [3.8, 4) is 0 Å². The second-order valence-corrected chi connectivity index (χ2v) is 4.41. The van der Waals surface area contributed by atoms with Crippen molar-refractivity contribution in [1.82, 2.24) is 4.90 Å². The van der Waals surface area contributed by atoms with Crippen molar-refractivity contribution < 1.29 is 0 Å². The number of hydrogen-bond acceptors (Lipinski definition) is 1. The minimum absolute atomic E-state index is 0.943. The predicted molar refractivity (Wildman–Crippen MR) is 58.9 cm³/mol. The highest BCUT2D eigenvalue weighted by Gasteiger charge is 2.36. The smallest absolute Gasteiger partial charge is 0.0123 e. The van der Waals surface area contributed by atoms with E-state index in [9.17, 15) is 0 Å². The number of hydrogen-bond donors (Lipinski definition) is 0. The molecule has 0 aromatic rings. The molecule has 2 rings (SSSR count). The van der Waals surface area contributed by atoms with E-state index in [4.69, 9.17) is 0 Å². The first-order chi connectivity index (χ1) is 6.29. The standard InChI is InChI=1S/C10H19N.C2H6/c1-8-6-7-11(2)10-5-3-4-9(8)10;1-2/h8-10H,3-7H2,1-2H3;1-2H3. The first-order valence-electron chi connectivity index (χ1n) is 5.99. The zero-order valence-electron chi connectivity index (χ0n) is 9.71. The minimum atomic E-state index is 0.943. The third-order valence-electron chi connectivity index (χ3n) is 3.77. The summed E-state index contributed by atoms with van der Waals surface area (Å²) in [5, 5.41) is 0. The molecule has 0 N–H and O–H groups in total. The zero-order chi connectivity index (χ0) is 9.84. The molecular weight excluding hydrogens is 158 g/mol. The van der Waals surface area contributed by atoms with Crippen LogP contribution in [0.4, 0.5) is 0 Å². The fraction of sp³-hybridized carbons (Fsp3) is 1.00. The molecule has 3 unspecified atom stereocenters. The van der Waals surface area contributed by atoms with Gasteiger partial charge in [0.05, 0.1) is 0 Å². The molecule has 0 amide bonds. The molecule has 0 spiro atoms. The van der Waals surface area contributed by atoms with Gasteiger partial charge >= 0.3 is 0 Å². The summed E-state index contributed by atoms with van der Waals surface area (Å²) in [6.07, 6.45) is 5.86. The molecule has 1 saturated heterocycles. The summed E-state index contributed by atoms with van der Waals surface area (Å²) in [4.78, 5) is 2.58. The summed E-state index contributed by atoms with van der Waals surface area (Å²) < 4.78 is 0. The molecule has 1 heteroatoms. The Morgan fingerprint density at radius 1 is 1.08 bits per heavy atom. The maximum atomic E-state index is 2.58. The number of nitrogens with zero attached hydrogens (tertiary/aromatic N) is 1. The lowest BCUT2D eigenvalue weighted by Gasteiger charge is -2.39. The largest absolute Gasteiger partial charge is 0.303 e. The number of rotatable bonds is 0. The Morgan fingerprint density at radius 3 is 2.38 bits per heavy atom. The summed E-state index contributed by atoms with van der Waals surface area (Å²) in [5.74, 6) is 2.03. The molecule has 0 bridgehead atoms. The van der Waals surface area contributed by atoms with E-state index in [1.54, 1.807) is 0 Å². The van der Waals surface area contributed by atoms with E-state index in [-0.39, 0.29) is 0 Å². The SMILES string of the molecule is CC.CC1CCN(C)C2CCCC12. The van der Waals surface area contributed by atoms with Gasteiger partial charge in [-0.25, -0.2) is 0 Å². The molecule has 78 valence electrons. The maximum absolute atomic E-state index is 2.58. The van der Waals surface area contributed by atoms with Crippen LogP contribution in [0.2, 0.25) is 0 Å². The average molecular weight is 183 g/mol. The van der Waals surface area contributed by atoms with Crippen LogP contribution in [0.25, 0.3) is 0 Å². The number of likely N-dealkylation sites (tertiary alicyclic amines) is 1. The molecule has 3 atom stereocenters. The number of piperidine rings is 1. The second kappa shape index (κ2) is 4.99. The Hall–Kier alpha value is -0.0400. The first kappa shape index (κ1) is 11.0. The van der Waals surface area contributed by atoms with Gasteiger partial charge in [-0.15, -0.1) is 0 Å². The molecule has 2 aliphatic rings. The molecule has 0 aromatic carbocycles. The van der Waals surface area contributed by atoms with Crippen LogP contribution in [0.3, 0.4) is 0 Å². The molecule has 1 nitrogen and oxygen atoms in total. The summed E-state index contributed by atoms with van der Waals surface area (Å²) in [6.45, 7) is 7.78. The highest BCUT2D eigenvalue weighted by atomic mass is 15.1. The monoisotopic (exact) mass is 183 g/mol. The van der Waals surface area contributed by atoms with E-state index in [0.29, 0.717) is 0 Å². The van der Waals surface area contributed by atoms with Crippen LogP contribution >= 0.6 is 0 Å². The minimum Gasteiger partial charge on any atom is -0.303 e. The van der Waals surface area contributed by atoms with Crippen molar-refractivity contribution in [1.29, 1.82) is 0 Å². The number of fused-ring (bicyclic) bond motifs is 1. The first-order valence-corrected chi connectivity index (χ1v) is 5.99. The van der Waals surface area contributed by atoms with Gasteiger partial charge in [0, 0.05) is 6.04 Å². The van der Waals surface area contributed by atoms with Crippen molar-refractivity contribution in [2.75, 3.05) is 13.6 Å². The molecule has 13 heavy (non-hydrogen) atoms. The highest BCUT2D eigenvalue weighted by Crippen LogP contribution is 2.39. The van der Waals surface area contributed by atoms with E-state index < -0.39 is 0 Å².